The minimum Gasteiger partial charge on any atom is -0.491 e. The third-order valence-electron chi connectivity index (χ3n) is 19.6. The number of aryl methyl sites for hydroxylation is 2. The zero-order valence-corrected chi connectivity index (χ0v) is 61.1. The van der Waals surface area contributed by atoms with Crippen LogP contribution in [0.3, 0.4) is 0 Å². The number of amides is 9. The second-order valence-corrected chi connectivity index (χ2v) is 28.4. The Morgan fingerprint density at radius 3 is 2.33 bits per heavy atom. The van der Waals surface area contributed by atoms with Crippen LogP contribution < -0.4 is 26.0 Å². The van der Waals surface area contributed by atoms with Crippen LogP contribution in [-0.2, 0) is 75.1 Å². The molecular weight excluding hydrogens is 1420 g/mol. The Hall–Kier alpha value is -9.96. The quantitative estimate of drug-likeness (QED) is 0.0143. The number of esters is 1. The summed E-state index contributed by atoms with van der Waals surface area (Å²) in [5.74, 6) is -2.70. The van der Waals surface area contributed by atoms with Crippen molar-refractivity contribution in [1.29, 1.82) is 0 Å². The van der Waals surface area contributed by atoms with Crippen LogP contribution in [0.1, 0.15) is 123 Å². The summed E-state index contributed by atoms with van der Waals surface area (Å²) in [6.07, 6.45) is 7.60. The monoisotopic (exact) mass is 1510 g/mol. The molecule has 0 spiro atoms. The summed E-state index contributed by atoms with van der Waals surface area (Å²) in [5, 5.41) is 39.0. The number of nitrogens with one attached hydrogen (secondary N) is 4. The van der Waals surface area contributed by atoms with E-state index >= 15 is 0 Å². The number of anilines is 2. The number of rotatable bonds is 39. The number of aromatic nitrogens is 6. The van der Waals surface area contributed by atoms with Crippen LogP contribution in [0.25, 0.3) is 5.00 Å². The number of carbonyl (C=O) groups is 10. The average molecular weight is 1510 g/mol. The number of imide groups is 3. The maximum atomic E-state index is 13.8. The van der Waals surface area contributed by atoms with Gasteiger partial charge in [-0.1, -0.05) is 53.6 Å². The van der Waals surface area contributed by atoms with Gasteiger partial charge in [0, 0.05) is 77.8 Å². The molecule has 3 aromatic heterocycles. The predicted molar refractivity (Wildman–Crippen MR) is 386 cm³/mol. The highest BCUT2D eigenvalue weighted by Crippen LogP contribution is 2.52. The lowest BCUT2D eigenvalue weighted by Crippen LogP contribution is -2.54. The molecule has 2 unspecified atom stereocenters. The molecule has 7 atom stereocenters. The number of piperidine rings is 1. The third-order valence-corrected chi connectivity index (χ3v) is 21.0. The maximum Gasteiger partial charge on any atom is 0.332 e. The first-order chi connectivity index (χ1) is 51.8. The number of aliphatic hydroxyl groups is 1. The van der Waals surface area contributed by atoms with Gasteiger partial charge in [-0.15, -0.1) is 26.6 Å². The van der Waals surface area contributed by atoms with E-state index in [1.165, 1.54) is 20.5 Å². The molecule has 2 saturated heterocycles. The van der Waals surface area contributed by atoms with Crippen molar-refractivity contribution >= 4 is 99.2 Å². The predicted octanol–water partition coefficient (Wildman–Crippen LogP) is 5.19. The van der Waals surface area contributed by atoms with Crippen molar-refractivity contribution in [3.05, 3.63) is 140 Å². The smallest absolute Gasteiger partial charge is 0.332 e. The molecule has 12 rings (SSSR count). The Balaban J connectivity index is 0.588. The van der Waals surface area contributed by atoms with Crippen LogP contribution in [0.2, 0.25) is 5.02 Å². The van der Waals surface area contributed by atoms with Crippen molar-refractivity contribution in [2.75, 3.05) is 103 Å². The van der Waals surface area contributed by atoms with Crippen LogP contribution in [0.15, 0.2) is 90.1 Å². The van der Waals surface area contributed by atoms with Gasteiger partial charge in [-0.2, -0.15) is 0 Å². The number of benzene rings is 3. The lowest BCUT2D eigenvalue weighted by molar-refractivity contribution is -0.155. The number of hydrogen-bond donors (Lipinski definition) is 5. The maximum absolute atomic E-state index is 13.8. The fourth-order valence-electron chi connectivity index (χ4n) is 14.2. The van der Waals surface area contributed by atoms with E-state index in [2.05, 4.69) is 67.8 Å². The number of likely N-dealkylation sites (tertiary alicyclic amines) is 1. The van der Waals surface area contributed by atoms with Crippen molar-refractivity contribution in [3.63, 3.8) is 0 Å². The van der Waals surface area contributed by atoms with Crippen LogP contribution in [0.5, 0.6) is 5.75 Å². The number of nitrogens with zero attached hydrogens (tertiary/aromatic N) is 10. The topological polar surface area (TPSA) is 378 Å². The summed E-state index contributed by atoms with van der Waals surface area (Å²) >= 11 is 7.92. The molecule has 5 N–H and O–H groups in total. The van der Waals surface area contributed by atoms with E-state index < -0.39 is 54.4 Å². The number of halogens is 1. The summed E-state index contributed by atoms with van der Waals surface area (Å²) in [6.45, 7) is 6.51. The lowest BCUT2D eigenvalue weighted by Gasteiger charge is -2.27. The number of allylic oxidation sites excluding steroid dienone is 2. The zero-order chi connectivity index (χ0) is 75.3. The van der Waals surface area contributed by atoms with Gasteiger partial charge in [0.2, 0.25) is 41.4 Å². The zero-order valence-electron chi connectivity index (χ0n) is 59.5. The molecule has 107 heavy (non-hydrogen) atoms. The number of thiophene rings is 1. The minimum atomic E-state index is -1.13. The van der Waals surface area contributed by atoms with Crippen LogP contribution >= 0.6 is 22.9 Å². The number of aliphatic imine (C=N–C) groups is 1. The number of fused-ring (bicyclic) bond motifs is 9. The van der Waals surface area contributed by atoms with Crippen molar-refractivity contribution in [2.45, 2.75) is 110 Å². The Labute approximate surface area is 625 Å². The van der Waals surface area contributed by atoms with Crippen molar-refractivity contribution in [1.82, 2.24) is 55.1 Å². The molecule has 3 aromatic carbocycles. The number of unbranched alkanes of at least 4 members (excludes halogenated alkanes) is 2. The number of aliphatic hydroxyl groups excluding tert-OH is 1. The van der Waals surface area contributed by atoms with Crippen molar-refractivity contribution in [3.8, 4) is 10.8 Å². The van der Waals surface area contributed by atoms with Gasteiger partial charge in [0.05, 0.1) is 101 Å². The normalized spacial score (nSPS) is 19.3. The summed E-state index contributed by atoms with van der Waals surface area (Å²) in [6, 6.07) is 17.3. The van der Waals surface area contributed by atoms with Gasteiger partial charge in [0.15, 0.2) is 5.82 Å². The van der Waals surface area contributed by atoms with Gasteiger partial charge in [0.25, 0.3) is 11.8 Å². The van der Waals surface area contributed by atoms with E-state index in [9.17, 15) is 53.1 Å². The summed E-state index contributed by atoms with van der Waals surface area (Å²) in [5.41, 5.74) is 5.17. The van der Waals surface area contributed by atoms with Gasteiger partial charge in [-0.25, -0.2) is 9.48 Å². The summed E-state index contributed by atoms with van der Waals surface area (Å²) in [7, 11) is 0. The molecule has 0 radical (unpaired) electrons. The van der Waals surface area contributed by atoms with E-state index in [1.807, 2.05) is 35.8 Å². The first kappa shape index (κ1) is 76.7. The van der Waals surface area contributed by atoms with Gasteiger partial charge in [-0.05, 0) is 112 Å². The molecule has 566 valence electrons. The van der Waals surface area contributed by atoms with Crippen LogP contribution in [0, 0.1) is 44.4 Å². The Kier molecular flexibility index (Phi) is 25.5. The molecule has 33 heteroatoms. The van der Waals surface area contributed by atoms with Gasteiger partial charge in [0.1, 0.15) is 60.3 Å². The minimum absolute atomic E-state index is 0.0107. The van der Waals surface area contributed by atoms with E-state index in [-0.39, 0.29) is 189 Å². The summed E-state index contributed by atoms with van der Waals surface area (Å²) in [4.78, 5) is 141. The fraction of sp³-hybridized carbons (Fsp3) is 0.473. The molecule has 2 bridgehead atoms. The Morgan fingerprint density at radius 2 is 1.56 bits per heavy atom. The molecular formula is C74H85ClN14O17S. The largest absolute Gasteiger partial charge is 0.491 e. The third kappa shape index (κ3) is 18.4. The molecule has 3 fully saturated rings. The van der Waals surface area contributed by atoms with Crippen LogP contribution in [0.4, 0.5) is 11.4 Å². The van der Waals surface area contributed by atoms with Gasteiger partial charge >= 0.3 is 5.97 Å². The Morgan fingerprint density at radius 1 is 0.785 bits per heavy atom. The van der Waals surface area contributed by atoms with Crippen molar-refractivity contribution in [2.24, 2.45) is 28.7 Å². The highest BCUT2D eigenvalue weighted by molar-refractivity contribution is 7.15. The van der Waals surface area contributed by atoms with Crippen molar-refractivity contribution < 1.29 is 81.5 Å². The molecule has 9 amide bonds. The first-order valence-corrected chi connectivity index (χ1v) is 37.1. The second kappa shape index (κ2) is 35.6. The second-order valence-electron chi connectivity index (χ2n) is 26.8. The first-order valence-electron chi connectivity index (χ1n) is 35.9. The Bertz CT molecular complexity index is 4340. The number of carbonyl (C=O) groups excluding carboxylic acids is 10. The lowest BCUT2D eigenvalue weighted by atomic mass is 9.85. The molecule has 2 aliphatic carbocycles. The molecule has 1 saturated carbocycles. The SMILES string of the molecule is Cc1sc2c(c1C)C(c1ccc(Cl)cc1)=NC(CC(=O)Nc1ccc(OCCOCCO[C@@H](COCCNc3cccc4c3C(=O)N(C3CCC(=O)NC3=O)C4=O)COC(=O)COCCn3cc(CN(CCC(=O)NCCO)C(=O)CCCCCN4C(=O)[C@@H]5[C@H](C4=O)[C@H]4C=C[C@@H]5C4)nn3)cc1)c1nnc(C)n1-2. The fourth-order valence-corrected chi connectivity index (χ4v) is 15.5. The summed E-state index contributed by atoms with van der Waals surface area (Å²) < 4.78 is 38.5. The van der Waals surface area contributed by atoms with E-state index in [1.54, 1.807) is 53.9 Å². The van der Waals surface area contributed by atoms with E-state index in [0.29, 0.717) is 65.3 Å². The number of ether oxygens (including phenoxy) is 6. The van der Waals surface area contributed by atoms with E-state index in [0.717, 1.165) is 43.6 Å². The molecule has 6 aromatic rings. The van der Waals surface area contributed by atoms with Gasteiger partial charge < -0.3 is 54.4 Å². The van der Waals surface area contributed by atoms with Crippen LogP contribution in [-0.4, -0.2) is 219 Å². The van der Waals surface area contributed by atoms with Gasteiger partial charge in [-0.3, -0.25) is 67.8 Å². The standard InChI is InChI=1S/C74H85ClN14O17S/c1-43-44(2)107-74-63(43)67(46-13-15-49(75)16-14-46)79-56(68-83-81-45(3)88(68)74)37-60(93)78-50-17-19-52(20-18-50)104-34-32-101-33-35-105-53(40-102-30-25-76-55-9-7-8-54-66(55)73(100)89(70(54)97)57-21-22-59(92)80-69(57)96)41-106-62(95)42-103-31-28-86-39-51(82-84-86)38-85(27-23-58(91)77-24-29-90)61(94)10-5-4-6-26-87-71(98)64-47-11-12-48(36-47)65(64)72(87)99/h7-9,11-20,39,47-48,53,56-57,64-65,76,90H,4-6,10,21-38,40-42H2,1-3H3,(H,77,91)(H,78,93)(H,80,92,96)/t47-,48+,53-,56?,57?,64+,65-/m0/s1. The highest BCUT2D eigenvalue weighted by Gasteiger charge is 2.59. The average Bonchev–Trinajstić information content (AvgIpc) is 1.58. The highest BCUT2D eigenvalue weighted by atomic mass is 35.5. The molecule has 31 nitrogen and oxygen atoms in total. The molecule has 6 aliphatic rings. The number of hydrogen-bond acceptors (Lipinski definition) is 24. The molecule has 4 aliphatic heterocycles. The van der Waals surface area contributed by atoms with E-state index in [4.69, 9.17) is 45.0 Å². The molecule has 7 heterocycles.